The second-order valence-corrected chi connectivity index (χ2v) is 5.78. The maximum atomic E-state index is 8.67. The predicted octanol–water partition coefficient (Wildman–Crippen LogP) is 2.31. The van der Waals surface area contributed by atoms with Gasteiger partial charge in [-0.25, -0.2) is 0 Å². The summed E-state index contributed by atoms with van der Waals surface area (Å²) in [4.78, 5) is 2.84. The molecule has 2 aliphatic heterocycles. The van der Waals surface area contributed by atoms with E-state index in [4.69, 9.17) is 24.5 Å². The van der Waals surface area contributed by atoms with Gasteiger partial charge in [-0.3, -0.25) is 0 Å². The molecule has 0 saturated carbocycles. The highest BCUT2D eigenvalue weighted by molar-refractivity contribution is 7.81. The van der Waals surface area contributed by atoms with Crippen LogP contribution in [0.3, 0.4) is 0 Å². The molecular formula is C14H17N3O4S. The lowest BCUT2D eigenvalue weighted by Gasteiger charge is -2.36. The topological polar surface area (TPSA) is 85.7 Å². The molecular weight excluding hydrogens is 306 g/mol. The number of azide groups is 1. The number of nitrogens with zero attached hydrogens (tertiary/aromatic N) is 3. The summed E-state index contributed by atoms with van der Waals surface area (Å²) < 4.78 is 22.3. The van der Waals surface area contributed by atoms with E-state index in [1.165, 1.54) is 0 Å². The summed E-state index contributed by atoms with van der Waals surface area (Å²) in [5.41, 5.74) is 9.68. The molecule has 0 unspecified atom stereocenters. The Morgan fingerprint density at radius 3 is 2.86 bits per heavy atom. The molecule has 1 aromatic rings. The van der Waals surface area contributed by atoms with E-state index in [0.29, 0.717) is 13.2 Å². The zero-order valence-corrected chi connectivity index (χ0v) is 12.9. The smallest absolute Gasteiger partial charge is 0.167 e. The van der Waals surface area contributed by atoms with Gasteiger partial charge in [0.15, 0.2) is 6.29 Å². The molecule has 2 saturated heterocycles. The van der Waals surface area contributed by atoms with Gasteiger partial charge in [0.05, 0.1) is 26.4 Å². The van der Waals surface area contributed by atoms with Gasteiger partial charge >= 0.3 is 0 Å². The SMILES string of the molecule is COc1ccc(CO[C@@H]2[C@H](S)[C@@H](N=[N+]=[N-])[C@@H]3OC[C@H]2O3)cc1. The number of benzene rings is 1. The van der Waals surface area contributed by atoms with Crippen molar-refractivity contribution in [1.82, 2.24) is 0 Å². The first kappa shape index (κ1) is 15.5. The van der Waals surface area contributed by atoms with Gasteiger partial charge in [0.1, 0.15) is 17.9 Å². The third-order valence-electron chi connectivity index (χ3n) is 3.85. The zero-order valence-electron chi connectivity index (χ0n) is 12.0. The van der Waals surface area contributed by atoms with Gasteiger partial charge in [-0.15, -0.1) is 0 Å². The van der Waals surface area contributed by atoms with E-state index in [2.05, 4.69) is 22.7 Å². The van der Waals surface area contributed by atoms with Gasteiger partial charge < -0.3 is 18.9 Å². The van der Waals surface area contributed by atoms with E-state index >= 15 is 0 Å². The Morgan fingerprint density at radius 1 is 1.41 bits per heavy atom. The molecule has 3 rings (SSSR count). The molecule has 8 heteroatoms. The molecule has 2 aliphatic rings. The summed E-state index contributed by atoms with van der Waals surface area (Å²) >= 11 is 4.55. The van der Waals surface area contributed by atoms with E-state index in [1.54, 1.807) is 7.11 Å². The van der Waals surface area contributed by atoms with Crippen LogP contribution in [0.2, 0.25) is 0 Å². The number of hydrogen-bond acceptors (Lipinski definition) is 6. The van der Waals surface area contributed by atoms with E-state index in [9.17, 15) is 0 Å². The number of ether oxygens (including phenoxy) is 4. The molecule has 0 aliphatic carbocycles. The molecule has 0 amide bonds. The fourth-order valence-corrected chi connectivity index (χ4v) is 3.15. The lowest BCUT2D eigenvalue weighted by Crippen LogP contribution is -2.51. The monoisotopic (exact) mass is 323 g/mol. The second-order valence-electron chi connectivity index (χ2n) is 5.19. The van der Waals surface area contributed by atoms with Crippen LogP contribution in [0, 0.1) is 0 Å². The van der Waals surface area contributed by atoms with Crippen LogP contribution in [0.1, 0.15) is 5.56 Å². The Morgan fingerprint density at radius 2 is 2.18 bits per heavy atom. The molecule has 0 N–H and O–H groups in total. The maximum absolute atomic E-state index is 8.67. The number of thiol groups is 1. The normalized spacial score (nSPS) is 33.3. The molecule has 118 valence electrons. The molecule has 0 aromatic heterocycles. The molecule has 5 atom stereocenters. The lowest BCUT2D eigenvalue weighted by molar-refractivity contribution is -0.144. The predicted molar refractivity (Wildman–Crippen MR) is 81.9 cm³/mol. The third-order valence-corrected chi connectivity index (χ3v) is 4.45. The molecule has 0 radical (unpaired) electrons. The van der Waals surface area contributed by atoms with Gasteiger partial charge in [-0.05, 0) is 23.2 Å². The van der Waals surface area contributed by atoms with Crippen LogP contribution in [-0.2, 0) is 20.8 Å². The molecule has 2 bridgehead atoms. The van der Waals surface area contributed by atoms with Gasteiger partial charge in [0.25, 0.3) is 0 Å². The summed E-state index contributed by atoms with van der Waals surface area (Å²) in [6.45, 7) is 0.839. The summed E-state index contributed by atoms with van der Waals surface area (Å²) in [7, 11) is 1.63. The standard InChI is InChI=1S/C14H17N3O4S/c1-18-9-4-2-8(3-5-9)6-19-12-10-7-20-14(21-10)11(13(12)22)16-17-15/h2-5,10-14,22H,6-7H2,1H3/t10-,11-,12+,13-,14-/m1/s1. The first-order valence-corrected chi connectivity index (χ1v) is 7.48. The van der Waals surface area contributed by atoms with Crippen molar-refractivity contribution in [1.29, 1.82) is 0 Å². The Hall–Kier alpha value is -1.44. The lowest BCUT2D eigenvalue weighted by atomic mass is 10.0. The maximum Gasteiger partial charge on any atom is 0.167 e. The van der Waals surface area contributed by atoms with Crippen molar-refractivity contribution in [2.45, 2.75) is 36.4 Å². The van der Waals surface area contributed by atoms with Crippen LogP contribution < -0.4 is 4.74 Å². The Labute approximate surface area is 133 Å². The van der Waals surface area contributed by atoms with Crippen LogP contribution in [-0.4, -0.2) is 43.5 Å². The van der Waals surface area contributed by atoms with Crippen molar-refractivity contribution in [3.8, 4) is 5.75 Å². The van der Waals surface area contributed by atoms with Crippen molar-refractivity contribution < 1.29 is 18.9 Å². The molecule has 2 fully saturated rings. The highest BCUT2D eigenvalue weighted by atomic mass is 32.1. The highest BCUT2D eigenvalue weighted by Crippen LogP contribution is 2.35. The average Bonchev–Trinajstić information content (AvgIpc) is 2.98. The third kappa shape index (κ3) is 3.02. The van der Waals surface area contributed by atoms with Crippen LogP contribution in [0.4, 0.5) is 0 Å². The number of rotatable bonds is 5. The van der Waals surface area contributed by atoms with Gasteiger partial charge in [0.2, 0.25) is 0 Å². The Kier molecular flexibility index (Phi) is 4.75. The summed E-state index contributed by atoms with van der Waals surface area (Å²) in [6.07, 6.45) is -1.00. The van der Waals surface area contributed by atoms with Gasteiger partial charge in [-0.1, -0.05) is 17.2 Å². The first-order chi connectivity index (χ1) is 10.7. The minimum Gasteiger partial charge on any atom is -0.497 e. The average molecular weight is 323 g/mol. The van der Waals surface area contributed by atoms with Crippen molar-refractivity contribution in [3.63, 3.8) is 0 Å². The van der Waals surface area contributed by atoms with Crippen molar-refractivity contribution in [3.05, 3.63) is 40.3 Å². The zero-order chi connectivity index (χ0) is 15.5. The van der Waals surface area contributed by atoms with Crippen LogP contribution >= 0.6 is 12.6 Å². The summed E-state index contributed by atoms with van der Waals surface area (Å²) in [5, 5.41) is 3.47. The first-order valence-electron chi connectivity index (χ1n) is 6.97. The largest absolute Gasteiger partial charge is 0.497 e. The van der Waals surface area contributed by atoms with Crippen LogP contribution in [0.15, 0.2) is 29.4 Å². The van der Waals surface area contributed by atoms with Crippen molar-refractivity contribution >= 4 is 12.6 Å². The summed E-state index contributed by atoms with van der Waals surface area (Å²) in [6, 6.07) is 7.15. The van der Waals surface area contributed by atoms with E-state index < -0.39 is 12.3 Å². The van der Waals surface area contributed by atoms with Crippen LogP contribution in [0.5, 0.6) is 5.75 Å². The number of hydrogen-bond donors (Lipinski definition) is 1. The molecule has 0 spiro atoms. The van der Waals surface area contributed by atoms with Gasteiger partial charge in [-0.2, -0.15) is 12.6 Å². The number of fused-ring (bicyclic) bond motifs is 2. The molecule has 2 heterocycles. The Balaban J connectivity index is 1.66. The minimum atomic E-state index is -0.524. The second kappa shape index (κ2) is 6.76. The summed E-state index contributed by atoms with van der Waals surface area (Å²) in [5.74, 6) is 0.798. The fourth-order valence-electron chi connectivity index (χ4n) is 2.67. The highest BCUT2D eigenvalue weighted by Gasteiger charge is 2.49. The van der Waals surface area contributed by atoms with Gasteiger partial charge in [0, 0.05) is 10.2 Å². The van der Waals surface area contributed by atoms with Crippen molar-refractivity contribution in [2.24, 2.45) is 5.11 Å². The van der Waals surface area contributed by atoms with Crippen molar-refractivity contribution in [2.75, 3.05) is 13.7 Å². The fraction of sp³-hybridized carbons (Fsp3) is 0.571. The molecule has 7 nitrogen and oxygen atoms in total. The Bertz CT molecular complexity index is 564. The van der Waals surface area contributed by atoms with Crippen LogP contribution in [0.25, 0.3) is 10.4 Å². The molecule has 1 aromatic carbocycles. The minimum absolute atomic E-state index is 0.184. The van der Waals surface area contributed by atoms with E-state index in [-0.39, 0.29) is 17.5 Å². The van der Waals surface area contributed by atoms with E-state index in [0.717, 1.165) is 11.3 Å². The molecule has 22 heavy (non-hydrogen) atoms. The quantitative estimate of drug-likeness (QED) is 0.390. The van der Waals surface area contributed by atoms with E-state index in [1.807, 2.05) is 24.3 Å². The number of methoxy groups -OCH3 is 1.